The van der Waals surface area contributed by atoms with Crippen LogP contribution in [0, 0.1) is 6.92 Å². The summed E-state index contributed by atoms with van der Waals surface area (Å²) in [6.07, 6.45) is 3.74. The van der Waals surface area contributed by atoms with E-state index in [1.165, 1.54) is 0 Å². The van der Waals surface area contributed by atoms with Crippen LogP contribution in [0.3, 0.4) is 0 Å². The Morgan fingerprint density at radius 2 is 1.92 bits per heavy atom. The van der Waals surface area contributed by atoms with Crippen LogP contribution in [0.4, 0.5) is 5.69 Å². The highest BCUT2D eigenvalue weighted by molar-refractivity contribution is 5.92. The third kappa shape index (κ3) is 4.92. The summed E-state index contributed by atoms with van der Waals surface area (Å²) in [6.45, 7) is 8.15. The van der Waals surface area contributed by atoms with Crippen LogP contribution in [0.1, 0.15) is 50.5 Å². The number of hydrogen-bond donors (Lipinski definition) is 2. The zero-order chi connectivity index (χ0) is 18.4. The summed E-state index contributed by atoms with van der Waals surface area (Å²) in [5.41, 5.74) is 1.81. The molecule has 0 spiro atoms. The first kappa shape index (κ1) is 18.7. The van der Waals surface area contributed by atoms with Crippen molar-refractivity contribution in [1.29, 1.82) is 0 Å². The molecule has 2 aromatic rings. The topological polar surface area (TPSA) is 76.0 Å². The molecule has 1 unspecified atom stereocenters. The fourth-order valence-corrected chi connectivity index (χ4v) is 2.60. The van der Waals surface area contributed by atoms with Crippen molar-refractivity contribution in [3.8, 4) is 0 Å². The van der Waals surface area contributed by atoms with Crippen molar-refractivity contribution in [3.05, 3.63) is 48.0 Å². The number of imidazole rings is 1. The molecule has 0 fully saturated rings. The van der Waals surface area contributed by atoms with Gasteiger partial charge in [-0.15, -0.1) is 0 Å². The molecule has 1 atom stereocenters. The predicted octanol–water partition coefficient (Wildman–Crippen LogP) is 3.02. The van der Waals surface area contributed by atoms with Crippen LogP contribution in [-0.4, -0.2) is 27.9 Å². The number of aromatic nitrogens is 2. The molecule has 2 rings (SSSR count). The van der Waals surface area contributed by atoms with Gasteiger partial charge in [-0.3, -0.25) is 9.59 Å². The molecule has 0 bridgehead atoms. The summed E-state index contributed by atoms with van der Waals surface area (Å²) in [5.74, 6) is 0.876. The average molecular weight is 342 g/mol. The van der Waals surface area contributed by atoms with Gasteiger partial charge in [-0.05, 0) is 25.5 Å². The van der Waals surface area contributed by atoms with Crippen molar-refractivity contribution >= 4 is 17.5 Å². The first-order valence-corrected chi connectivity index (χ1v) is 8.56. The van der Waals surface area contributed by atoms with Gasteiger partial charge in [0, 0.05) is 37.0 Å². The Balaban J connectivity index is 1.82. The largest absolute Gasteiger partial charge is 0.354 e. The molecule has 0 aliphatic carbocycles. The minimum atomic E-state index is -0.362. The van der Waals surface area contributed by atoms with Gasteiger partial charge >= 0.3 is 0 Å². The number of para-hydroxylation sites is 1. The zero-order valence-corrected chi connectivity index (χ0v) is 15.2. The van der Waals surface area contributed by atoms with E-state index in [4.69, 9.17) is 0 Å². The van der Waals surface area contributed by atoms with Gasteiger partial charge in [-0.25, -0.2) is 4.98 Å². The number of amides is 2. The molecule has 2 amide bonds. The number of benzene rings is 1. The van der Waals surface area contributed by atoms with Crippen LogP contribution in [0.2, 0.25) is 0 Å². The van der Waals surface area contributed by atoms with Crippen molar-refractivity contribution < 1.29 is 9.59 Å². The average Bonchev–Trinajstić information content (AvgIpc) is 3.06. The molecule has 2 N–H and O–H groups in total. The molecule has 0 saturated carbocycles. The number of anilines is 1. The number of rotatable bonds is 7. The molecule has 0 aliphatic rings. The summed E-state index contributed by atoms with van der Waals surface area (Å²) in [6, 6.07) is 7.24. The normalized spacial score (nSPS) is 12.0. The summed E-state index contributed by atoms with van der Waals surface area (Å²) < 4.78 is 1.87. The zero-order valence-electron chi connectivity index (χ0n) is 15.2. The number of nitrogens with zero attached hydrogens (tertiary/aromatic N) is 2. The van der Waals surface area contributed by atoms with Crippen LogP contribution >= 0.6 is 0 Å². The Labute approximate surface area is 148 Å². The Kier molecular flexibility index (Phi) is 6.33. The molecular formula is C19H26N4O2. The van der Waals surface area contributed by atoms with Gasteiger partial charge in [-0.1, -0.05) is 32.0 Å². The maximum atomic E-state index is 12.3. The van der Waals surface area contributed by atoms with E-state index < -0.39 is 0 Å². The van der Waals surface area contributed by atoms with Gasteiger partial charge in [0.1, 0.15) is 11.9 Å². The maximum absolute atomic E-state index is 12.3. The molecule has 134 valence electrons. The van der Waals surface area contributed by atoms with Gasteiger partial charge in [0.15, 0.2) is 0 Å². The minimum absolute atomic E-state index is 0.118. The molecule has 0 aliphatic heterocycles. The highest BCUT2D eigenvalue weighted by atomic mass is 16.2. The summed E-state index contributed by atoms with van der Waals surface area (Å²) >= 11 is 0. The van der Waals surface area contributed by atoms with Crippen LogP contribution in [-0.2, 0) is 9.59 Å². The van der Waals surface area contributed by atoms with Crippen molar-refractivity contribution in [2.45, 2.75) is 46.1 Å². The van der Waals surface area contributed by atoms with Gasteiger partial charge in [0.2, 0.25) is 11.8 Å². The monoisotopic (exact) mass is 342 g/mol. The van der Waals surface area contributed by atoms with E-state index in [0.29, 0.717) is 6.54 Å². The maximum Gasteiger partial charge on any atom is 0.242 e. The van der Waals surface area contributed by atoms with Crippen LogP contribution in [0.5, 0.6) is 0 Å². The molecule has 1 heterocycles. The SMILES string of the molecule is Cc1ccccc1NC(=O)CCNC(=O)C(C)n1ccnc1C(C)C. The first-order valence-electron chi connectivity index (χ1n) is 8.56. The molecule has 0 saturated heterocycles. The van der Waals surface area contributed by atoms with Crippen LogP contribution in [0.25, 0.3) is 0 Å². The van der Waals surface area contributed by atoms with Crippen molar-refractivity contribution in [2.24, 2.45) is 0 Å². The second-order valence-corrected chi connectivity index (χ2v) is 6.43. The summed E-state index contributed by atoms with van der Waals surface area (Å²) in [7, 11) is 0. The van der Waals surface area contributed by atoms with Crippen LogP contribution < -0.4 is 10.6 Å². The highest BCUT2D eigenvalue weighted by Gasteiger charge is 2.19. The second-order valence-electron chi connectivity index (χ2n) is 6.43. The van der Waals surface area contributed by atoms with Gasteiger partial charge in [0.05, 0.1) is 0 Å². The second kappa shape index (κ2) is 8.46. The van der Waals surface area contributed by atoms with E-state index in [1.54, 1.807) is 6.20 Å². The van der Waals surface area contributed by atoms with Crippen molar-refractivity contribution in [3.63, 3.8) is 0 Å². The van der Waals surface area contributed by atoms with Crippen LogP contribution in [0.15, 0.2) is 36.7 Å². The standard InChI is InChI=1S/C19H26N4O2/c1-13(2)18-20-11-12-23(18)15(4)19(25)21-10-9-17(24)22-16-8-6-5-7-14(16)3/h5-8,11-13,15H,9-10H2,1-4H3,(H,21,25)(H,22,24). The lowest BCUT2D eigenvalue weighted by atomic mass is 10.2. The molecule has 1 aromatic heterocycles. The lowest BCUT2D eigenvalue weighted by Crippen LogP contribution is -2.33. The van der Waals surface area contributed by atoms with E-state index in [0.717, 1.165) is 17.1 Å². The number of carbonyl (C=O) groups excluding carboxylic acids is 2. The molecule has 0 radical (unpaired) electrons. The van der Waals surface area contributed by atoms with E-state index in [9.17, 15) is 9.59 Å². The molecule has 6 heteroatoms. The van der Waals surface area contributed by atoms with Crippen molar-refractivity contribution in [1.82, 2.24) is 14.9 Å². The third-order valence-corrected chi connectivity index (χ3v) is 4.08. The Morgan fingerprint density at radius 3 is 2.60 bits per heavy atom. The Morgan fingerprint density at radius 1 is 1.20 bits per heavy atom. The molecule has 1 aromatic carbocycles. The summed E-state index contributed by atoms with van der Waals surface area (Å²) in [4.78, 5) is 28.6. The molecule has 6 nitrogen and oxygen atoms in total. The quantitative estimate of drug-likeness (QED) is 0.812. The van der Waals surface area contributed by atoms with E-state index >= 15 is 0 Å². The predicted molar refractivity (Wildman–Crippen MR) is 98.5 cm³/mol. The fourth-order valence-electron chi connectivity index (χ4n) is 2.60. The number of aryl methyl sites for hydroxylation is 1. The lowest BCUT2D eigenvalue weighted by Gasteiger charge is -2.17. The lowest BCUT2D eigenvalue weighted by molar-refractivity contribution is -0.124. The molecular weight excluding hydrogens is 316 g/mol. The number of nitrogens with one attached hydrogen (secondary N) is 2. The van der Waals surface area contributed by atoms with Gasteiger partial charge in [-0.2, -0.15) is 0 Å². The van der Waals surface area contributed by atoms with Gasteiger partial charge in [0.25, 0.3) is 0 Å². The summed E-state index contributed by atoms with van der Waals surface area (Å²) in [5, 5.41) is 5.68. The number of hydrogen-bond acceptors (Lipinski definition) is 3. The third-order valence-electron chi connectivity index (χ3n) is 4.08. The van der Waals surface area contributed by atoms with E-state index in [2.05, 4.69) is 15.6 Å². The fraction of sp³-hybridized carbons (Fsp3) is 0.421. The Bertz CT molecular complexity index is 737. The van der Waals surface area contributed by atoms with Gasteiger partial charge < -0.3 is 15.2 Å². The number of carbonyl (C=O) groups is 2. The smallest absolute Gasteiger partial charge is 0.242 e. The first-order chi connectivity index (χ1) is 11.9. The molecule has 25 heavy (non-hydrogen) atoms. The highest BCUT2D eigenvalue weighted by Crippen LogP contribution is 2.17. The Hall–Kier alpha value is -2.63. The van der Waals surface area contributed by atoms with E-state index in [1.807, 2.05) is 62.7 Å². The van der Waals surface area contributed by atoms with Crippen molar-refractivity contribution in [2.75, 3.05) is 11.9 Å². The minimum Gasteiger partial charge on any atom is -0.354 e. The van der Waals surface area contributed by atoms with E-state index in [-0.39, 0.29) is 30.2 Å².